The lowest BCUT2D eigenvalue weighted by atomic mass is 9.83. The molecular weight excluding hydrogens is 314 g/mol. The van der Waals surface area contributed by atoms with Crippen LogP contribution in [0.4, 0.5) is 0 Å². The number of hydrogen-bond donors (Lipinski definition) is 3. The molecule has 1 heterocycles. The second-order valence-electron chi connectivity index (χ2n) is 6.63. The molecule has 1 aliphatic heterocycles. The second-order valence-corrected chi connectivity index (χ2v) is 7.01. The Morgan fingerprint density at radius 3 is 2.83 bits per heavy atom. The van der Waals surface area contributed by atoms with E-state index in [1.165, 1.54) is 0 Å². The van der Waals surface area contributed by atoms with Crippen LogP contribution < -0.4 is 20.9 Å². The molecule has 23 heavy (non-hydrogen) atoms. The Hall–Kier alpha value is -1.30. The number of amides is 1. The average Bonchev–Trinajstić information content (AvgIpc) is 2.98. The van der Waals surface area contributed by atoms with Gasteiger partial charge in [-0.1, -0.05) is 11.6 Å². The van der Waals surface area contributed by atoms with Crippen LogP contribution in [0.1, 0.15) is 30.4 Å². The molecule has 1 aliphatic carbocycles. The number of carbonyl (C=O) groups excluding carboxylic acids is 1. The molecule has 3 unspecified atom stereocenters. The van der Waals surface area contributed by atoms with Gasteiger partial charge in [0.1, 0.15) is 5.75 Å². The van der Waals surface area contributed by atoms with Crippen molar-refractivity contribution in [1.82, 2.24) is 16.2 Å². The summed E-state index contributed by atoms with van der Waals surface area (Å²) in [5.74, 6) is 1.24. The van der Waals surface area contributed by atoms with E-state index in [1.807, 2.05) is 26.0 Å². The van der Waals surface area contributed by atoms with E-state index in [2.05, 4.69) is 16.2 Å². The first kappa shape index (κ1) is 16.6. The highest BCUT2D eigenvalue weighted by Gasteiger charge is 2.34. The van der Waals surface area contributed by atoms with Crippen molar-refractivity contribution in [2.24, 2.45) is 5.92 Å². The van der Waals surface area contributed by atoms with Crippen molar-refractivity contribution >= 4 is 17.5 Å². The number of hydrogen-bond acceptors (Lipinski definition) is 4. The van der Waals surface area contributed by atoms with E-state index in [-0.39, 0.29) is 18.6 Å². The van der Waals surface area contributed by atoms with E-state index in [1.54, 1.807) is 0 Å². The fourth-order valence-electron chi connectivity index (χ4n) is 3.54. The highest BCUT2D eigenvalue weighted by Crippen LogP contribution is 2.27. The Morgan fingerprint density at radius 2 is 2.09 bits per heavy atom. The van der Waals surface area contributed by atoms with Crippen molar-refractivity contribution in [2.75, 3.05) is 13.2 Å². The van der Waals surface area contributed by atoms with Gasteiger partial charge in [-0.25, -0.2) is 0 Å². The molecule has 0 spiro atoms. The van der Waals surface area contributed by atoms with Crippen molar-refractivity contribution in [3.63, 3.8) is 0 Å². The number of halogens is 1. The summed E-state index contributed by atoms with van der Waals surface area (Å²) < 4.78 is 5.62. The standard InChI is InChI=1S/C17H24ClN3O2/c1-10-5-14(6-11(2)17(10)18)23-9-16(22)20-13-3-4-15-12(7-13)8-19-21-15/h5-6,12-13,15,19,21H,3-4,7-9H2,1-2H3,(H,20,22). The third kappa shape index (κ3) is 3.97. The molecule has 2 aliphatic rings. The molecule has 3 atom stereocenters. The lowest BCUT2D eigenvalue weighted by Crippen LogP contribution is -2.45. The topological polar surface area (TPSA) is 62.4 Å². The predicted molar refractivity (Wildman–Crippen MR) is 90.6 cm³/mol. The van der Waals surface area contributed by atoms with Crippen LogP contribution in [0.3, 0.4) is 0 Å². The molecule has 1 aromatic rings. The number of rotatable bonds is 4. The molecule has 6 heteroatoms. The van der Waals surface area contributed by atoms with Crippen LogP contribution in [0, 0.1) is 19.8 Å². The van der Waals surface area contributed by atoms with Gasteiger partial charge in [0.05, 0.1) is 0 Å². The van der Waals surface area contributed by atoms with Gasteiger partial charge in [0.25, 0.3) is 5.91 Å². The van der Waals surface area contributed by atoms with Gasteiger partial charge in [0, 0.05) is 23.7 Å². The number of hydrazine groups is 1. The van der Waals surface area contributed by atoms with Crippen molar-refractivity contribution in [2.45, 2.75) is 45.2 Å². The maximum absolute atomic E-state index is 12.1. The minimum absolute atomic E-state index is 0.0433. The zero-order valence-electron chi connectivity index (χ0n) is 13.6. The molecule has 1 saturated carbocycles. The van der Waals surface area contributed by atoms with Gasteiger partial charge in [0.2, 0.25) is 0 Å². The summed E-state index contributed by atoms with van der Waals surface area (Å²) >= 11 is 6.14. The molecule has 126 valence electrons. The average molecular weight is 338 g/mol. The van der Waals surface area contributed by atoms with E-state index in [0.29, 0.717) is 17.7 Å². The maximum Gasteiger partial charge on any atom is 0.258 e. The van der Waals surface area contributed by atoms with Gasteiger partial charge in [0.15, 0.2) is 6.61 Å². The first-order chi connectivity index (χ1) is 11.0. The molecule has 0 radical (unpaired) electrons. The molecule has 3 N–H and O–H groups in total. The van der Waals surface area contributed by atoms with Gasteiger partial charge in [-0.15, -0.1) is 0 Å². The smallest absolute Gasteiger partial charge is 0.258 e. The van der Waals surface area contributed by atoms with Gasteiger partial charge >= 0.3 is 0 Å². The lowest BCUT2D eigenvalue weighted by molar-refractivity contribution is -0.124. The number of benzene rings is 1. The highest BCUT2D eigenvalue weighted by molar-refractivity contribution is 6.32. The van der Waals surface area contributed by atoms with E-state index in [0.717, 1.165) is 42.0 Å². The van der Waals surface area contributed by atoms with Gasteiger partial charge in [-0.2, -0.15) is 0 Å². The van der Waals surface area contributed by atoms with Crippen LogP contribution in [0.2, 0.25) is 5.02 Å². The molecule has 2 fully saturated rings. The molecule has 3 rings (SSSR count). The minimum atomic E-state index is -0.0578. The van der Waals surface area contributed by atoms with E-state index in [9.17, 15) is 4.79 Å². The van der Waals surface area contributed by atoms with Crippen LogP contribution in [0.25, 0.3) is 0 Å². The Labute approximate surface area is 142 Å². The molecule has 1 saturated heterocycles. The zero-order valence-corrected chi connectivity index (χ0v) is 14.4. The molecule has 0 aromatic heterocycles. The SMILES string of the molecule is Cc1cc(OCC(=O)NC2CCC3NNCC3C2)cc(C)c1Cl. The molecule has 1 aromatic carbocycles. The van der Waals surface area contributed by atoms with Crippen LogP contribution in [0.15, 0.2) is 12.1 Å². The Morgan fingerprint density at radius 1 is 1.35 bits per heavy atom. The normalized spacial score (nSPS) is 26.7. The lowest BCUT2D eigenvalue weighted by Gasteiger charge is -2.31. The first-order valence-electron chi connectivity index (χ1n) is 8.20. The predicted octanol–water partition coefficient (Wildman–Crippen LogP) is 2.10. The van der Waals surface area contributed by atoms with E-state index < -0.39 is 0 Å². The van der Waals surface area contributed by atoms with E-state index in [4.69, 9.17) is 16.3 Å². The summed E-state index contributed by atoms with van der Waals surface area (Å²) in [7, 11) is 0. The highest BCUT2D eigenvalue weighted by atomic mass is 35.5. The largest absolute Gasteiger partial charge is 0.484 e. The number of carbonyl (C=O) groups is 1. The summed E-state index contributed by atoms with van der Waals surface area (Å²) in [6, 6.07) is 4.54. The number of aryl methyl sites for hydroxylation is 2. The minimum Gasteiger partial charge on any atom is -0.484 e. The van der Waals surface area contributed by atoms with Crippen molar-refractivity contribution in [1.29, 1.82) is 0 Å². The molecule has 0 bridgehead atoms. The van der Waals surface area contributed by atoms with Crippen molar-refractivity contribution < 1.29 is 9.53 Å². The van der Waals surface area contributed by atoms with Crippen LogP contribution in [-0.4, -0.2) is 31.1 Å². The molecule has 1 amide bonds. The Kier molecular flexibility index (Phi) is 5.09. The third-order valence-electron chi connectivity index (χ3n) is 4.78. The Bertz CT molecular complexity index is 570. The van der Waals surface area contributed by atoms with Crippen molar-refractivity contribution in [3.8, 4) is 5.75 Å². The first-order valence-corrected chi connectivity index (χ1v) is 8.58. The van der Waals surface area contributed by atoms with E-state index >= 15 is 0 Å². The summed E-state index contributed by atoms with van der Waals surface area (Å²) in [6.07, 6.45) is 3.13. The summed E-state index contributed by atoms with van der Waals surface area (Å²) in [5, 5.41) is 3.84. The van der Waals surface area contributed by atoms with Gasteiger partial charge in [-0.05, 0) is 62.3 Å². The summed E-state index contributed by atoms with van der Waals surface area (Å²) in [5.41, 5.74) is 8.42. The Balaban J connectivity index is 1.48. The number of fused-ring (bicyclic) bond motifs is 1. The fraction of sp³-hybridized carbons (Fsp3) is 0.588. The van der Waals surface area contributed by atoms with Crippen LogP contribution in [-0.2, 0) is 4.79 Å². The van der Waals surface area contributed by atoms with Crippen LogP contribution in [0.5, 0.6) is 5.75 Å². The summed E-state index contributed by atoms with van der Waals surface area (Å²) in [4.78, 5) is 12.1. The summed E-state index contributed by atoms with van der Waals surface area (Å²) in [6.45, 7) is 4.90. The molecule has 5 nitrogen and oxygen atoms in total. The van der Waals surface area contributed by atoms with Crippen LogP contribution >= 0.6 is 11.6 Å². The van der Waals surface area contributed by atoms with Gasteiger partial charge < -0.3 is 10.1 Å². The quantitative estimate of drug-likeness (QED) is 0.787. The van der Waals surface area contributed by atoms with Gasteiger partial charge in [-0.3, -0.25) is 15.6 Å². The monoisotopic (exact) mass is 337 g/mol. The second kappa shape index (κ2) is 7.07. The van der Waals surface area contributed by atoms with Crippen molar-refractivity contribution in [3.05, 3.63) is 28.3 Å². The zero-order chi connectivity index (χ0) is 16.4. The molecular formula is C17H24ClN3O2. The fourth-order valence-corrected chi connectivity index (χ4v) is 3.65. The maximum atomic E-state index is 12.1. The number of nitrogens with one attached hydrogen (secondary N) is 3. The number of ether oxygens (including phenoxy) is 1. The third-order valence-corrected chi connectivity index (χ3v) is 5.38.